The van der Waals surface area contributed by atoms with Crippen LogP contribution in [0.5, 0.6) is 5.75 Å². The third-order valence-corrected chi connectivity index (χ3v) is 4.73. The SMILES string of the molecule is CCOc1ccc(C(=O)c2csc(I)c2)cc1Br. The molecule has 0 unspecified atom stereocenters. The van der Waals surface area contributed by atoms with E-state index >= 15 is 0 Å². The van der Waals surface area contributed by atoms with Crippen LogP contribution in [0, 0.1) is 2.88 Å². The maximum atomic E-state index is 12.2. The molecule has 2 aromatic rings. The van der Waals surface area contributed by atoms with Gasteiger partial charge in [-0.3, -0.25) is 4.79 Å². The van der Waals surface area contributed by atoms with E-state index < -0.39 is 0 Å². The monoisotopic (exact) mass is 436 g/mol. The number of hydrogen-bond acceptors (Lipinski definition) is 3. The van der Waals surface area contributed by atoms with Crippen LogP contribution in [0.1, 0.15) is 22.8 Å². The van der Waals surface area contributed by atoms with E-state index in [9.17, 15) is 4.79 Å². The molecule has 1 aromatic heterocycles. The van der Waals surface area contributed by atoms with Gasteiger partial charge in [0.05, 0.1) is 14.0 Å². The zero-order valence-electron chi connectivity index (χ0n) is 9.57. The summed E-state index contributed by atoms with van der Waals surface area (Å²) in [5, 5.41) is 1.88. The quantitative estimate of drug-likeness (QED) is 0.510. The number of rotatable bonds is 4. The highest BCUT2D eigenvalue weighted by molar-refractivity contribution is 14.1. The summed E-state index contributed by atoms with van der Waals surface area (Å²) in [6.45, 7) is 2.54. The zero-order chi connectivity index (χ0) is 13.1. The highest BCUT2D eigenvalue weighted by Crippen LogP contribution is 2.28. The topological polar surface area (TPSA) is 26.3 Å². The van der Waals surface area contributed by atoms with Crippen LogP contribution in [-0.2, 0) is 0 Å². The maximum Gasteiger partial charge on any atom is 0.193 e. The lowest BCUT2D eigenvalue weighted by atomic mass is 10.1. The summed E-state index contributed by atoms with van der Waals surface area (Å²) >= 11 is 7.20. The molecule has 1 aromatic carbocycles. The van der Waals surface area contributed by atoms with Crippen LogP contribution >= 0.6 is 49.9 Å². The fourth-order valence-corrected chi connectivity index (χ4v) is 3.33. The number of benzene rings is 1. The Labute approximate surface area is 132 Å². The Morgan fingerprint density at radius 1 is 1.39 bits per heavy atom. The predicted molar refractivity (Wildman–Crippen MR) is 85.8 cm³/mol. The third-order valence-electron chi connectivity index (χ3n) is 2.32. The van der Waals surface area contributed by atoms with E-state index in [4.69, 9.17) is 4.74 Å². The van der Waals surface area contributed by atoms with Gasteiger partial charge in [0.2, 0.25) is 0 Å². The number of hydrogen-bond donors (Lipinski definition) is 0. The second-order valence-corrected chi connectivity index (χ2v) is 7.21. The van der Waals surface area contributed by atoms with E-state index in [2.05, 4.69) is 38.5 Å². The standard InChI is InChI=1S/C13H10BrIO2S/c1-2-17-11-4-3-8(5-10(11)14)13(16)9-6-12(15)18-7-9/h3-7H,2H2,1H3. The van der Waals surface area contributed by atoms with Crippen molar-refractivity contribution in [3.63, 3.8) is 0 Å². The largest absolute Gasteiger partial charge is 0.493 e. The lowest BCUT2D eigenvalue weighted by molar-refractivity contribution is 0.103. The zero-order valence-corrected chi connectivity index (χ0v) is 14.1. The van der Waals surface area contributed by atoms with Gasteiger partial charge in [-0.1, -0.05) is 0 Å². The molecule has 0 aliphatic heterocycles. The molecule has 0 aliphatic carbocycles. The van der Waals surface area contributed by atoms with E-state index in [0.29, 0.717) is 12.2 Å². The molecular formula is C13H10BrIO2S. The van der Waals surface area contributed by atoms with Gasteiger partial charge in [-0.2, -0.15) is 0 Å². The van der Waals surface area contributed by atoms with Gasteiger partial charge in [0.25, 0.3) is 0 Å². The van der Waals surface area contributed by atoms with Crippen molar-refractivity contribution >= 4 is 55.6 Å². The number of thiophene rings is 1. The van der Waals surface area contributed by atoms with Crippen LogP contribution in [0.15, 0.2) is 34.1 Å². The summed E-state index contributed by atoms with van der Waals surface area (Å²) in [4.78, 5) is 12.2. The molecule has 0 bridgehead atoms. The van der Waals surface area contributed by atoms with Gasteiger partial charge in [0.1, 0.15) is 5.75 Å². The number of ketones is 1. The molecule has 0 radical (unpaired) electrons. The number of carbonyl (C=O) groups excluding carboxylic acids is 1. The van der Waals surface area contributed by atoms with E-state index in [1.165, 1.54) is 0 Å². The molecule has 0 atom stereocenters. The third kappa shape index (κ3) is 3.13. The molecule has 0 spiro atoms. The van der Waals surface area contributed by atoms with Crippen LogP contribution in [0.25, 0.3) is 0 Å². The summed E-state index contributed by atoms with van der Waals surface area (Å²) < 4.78 is 7.34. The summed E-state index contributed by atoms with van der Waals surface area (Å²) in [7, 11) is 0. The Kier molecular flexibility index (Phi) is 4.80. The first-order valence-electron chi connectivity index (χ1n) is 5.33. The normalized spacial score (nSPS) is 10.4. The minimum Gasteiger partial charge on any atom is -0.493 e. The van der Waals surface area contributed by atoms with E-state index in [0.717, 1.165) is 18.7 Å². The molecule has 0 aliphatic rings. The average molecular weight is 437 g/mol. The van der Waals surface area contributed by atoms with Crippen LogP contribution < -0.4 is 4.74 Å². The molecule has 0 N–H and O–H groups in total. The number of ether oxygens (including phenoxy) is 1. The fourth-order valence-electron chi connectivity index (χ4n) is 1.51. The van der Waals surface area contributed by atoms with Crippen molar-refractivity contribution in [3.8, 4) is 5.75 Å². The lowest BCUT2D eigenvalue weighted by Crippen LogP contribution is -2.00. The lowest BCUT2D eigenvalue weighted by Gasteiger charge is -2.07. The molecule has 18 heavy (non-hydrogen) atoms. The van der Waals surface area contributed by atoms with Crippen molar-refractivity contribution < 1.29 is 9.53 Å². The van der Waals surface area contributed by atoms with Crippen molar-refractivity contribution in [2.24, 2.45) is 0 Å². The van der Waals surface area contributed by atoms with Crippen molar-refractivity contribution in [3.05, 3.63) is 48.1 Å². The Morgan fingerprint density at radius 3 is 2.72 bits per heavy atom. The summed E-state index contributed by atoms with van der Waals surface area (Å²) in [6.07, 6.45) is 0. The van der Waals surface area contributed by atoms with Crippen LogP contribution in [0.4, 0.5) is 0 Å². The van der Waals surface area contributed by atoms with Crippen LogP contribution in [-0.4, -0.2) is 12.4 Å². The fraction of sp³-hybridized carbons (Fsp3) is 0.154. The Hall–Kier alpha value is -0.400. The van der Waals surface area contributed by atoms with Crippen LogP contribution in [0.3, 0.4) is 0 Å². The van der Waals surface area contributed by atoms with E-state index in [-0.39, 0.29) is 5.78 Å². The first kappa shape index (κ1) is 14.0. The summed E-state index contributed by atoms with van der Waals surface area (Å²) in [6, 6.07) is 7.32. The predicted octanol–water partition coefficient (Wildman–Crippen LogP) is 4.74. The first-order chi connectivity index (χ1) is 8.61. The number of carbonyl (C=O) groups is 1. The van der Waals surface area contributed by atoms with Gasteiger partial charge in [0.15, 0.2) is 5.78 Å². The minimum absolute atomic E-state index is 0.0397. The Morgan fingerprint density at radius 2 is 2.17 bits per heavy atom. The van der Waals surface area contributed by atoms with Gasteiger partial charge in [-0.25, -0.2) is 0 Å². The molecular weight excluding hydrogens is 427 g/mol. The summed E-state index contributed by atoms with van der Waals surface area (Å²) in [5.41, 5.74) is 1.40. The van der Waals surface area contributed by atoms with Gasteiger partial charge in [0, 0.05) is 16.5 Å². The average Bonchev–Trinajstić information content (AvgIpc) is 2.78. The molecule has 0 saturated heterocycles. The molecule has 0 fully saturated rings. The molecule has 2 nitrogen and oxygen atoms in total. The second kappa shape index (κ2) is 6.16. The highest BCUT2D eigenvalue weighted by Gasteiger charge is 2.12. The molecule has 0 saturated carbocycles. The smallest absolute Gasteiger partial charge is 0.193 e. The highest BCUT2D eigenvalue weighted by atomic mass is 127. The van der Waals surface area contributed by atoms with E-state index in [1.807, 2.05) is 24.4 Å². The Bertz CT molecular complexity index is 580. The van der Waals surface area contributed by atoms with Crippen molar-refractivity contribution in [1.29, 1.82) is 0 Å². The van der Waals surface area contributed by atoms with Crippen molar-refractivity contribution in [1.82, 2.24) is 0 Å². The Balaban J connectivity index is 2.29. The van der Waals surface area contributed by atoms with Gasteiger partial charge in [-0.15, -0.1) is 11.3 Å². The van der Waals surface area contributed by atoms with Crippen LogP contribution in [0.2, 0.25) is 0 Å². The van der Waals surface area contributed by atoms with Gasteiger partial charge >= 0.3 is 0 Å². The molecule has 1 heterocycles. The number of halogens is 2. The molecule has 5 heteroatoms. The maximum absolute atomic E-state index is 12.2. The second-order valence-electron chi connectivity index (χ2n) is 3.55. The minimum atomic E-state index is 0.0397. The van der Waals surface area contributed by atoms with Crippen molar-refractivity contribution in [2.45, 2.75) is 6.92 Å². The summed E-state index contributed by atoms with van der Waals surface area (Å²) in [5.74, 6) is 0.798. The van der Waals surface area contributed by atoms with Gasteiger partial charge < -0.3 is 4.74 Å². The van der Waals surface area contributed by atoms with Crippen molar-refractivity contribution in [2.75, 3.05) is 6.61 Å². The van der Waals surface area contributed by atoms with E-state index in [1.54, 1.807) is 23.5 Å². The van der Waals surface area contributed by atoms with Gasteiger partial charge in [-0.05, 0) is 69.7 Å². The molecule has 0 amide bonds. The molecule has 94 valence electrons. The molecule has 2 rings (SSSR count). The first-order valence-corrected chi connectivity index (χ1v) is 8.08.